The molecule has 44 heavy (non-hydrogen) atoms. The van der Waals surface area contributed by atoms with Crippen LogP contribution in [0.4, 0.5) is 0 Å². The van der Waals surface area contributed by atoms with E-state index in [0.29, 0.717) is 58.7 Å². The number of carbonyl (C=O) groups is 2. The molecule has 0 saturated carbocycles. The molecule has 0 fully saturated rings. The lowest BCUT2D eigenvalue weighted by Gasteiger charge is -2.26. The molecule has 2 aromatic heterocycles. The lowest BCUT2D eigenvalue weighted by molar-refractivity contribution is -0.139. The molecular weight excluding hydrogens is 676 g/mol. The minimum absolute atomic E-state index is 0.144. The highest BCUT2D eigenvalue weighted by Crippen LogP contribution is 2.41. The number of methoxy groups -OCH3 is 3. The average Bonchev–Trinajstić information content (AvgIpc) is 3.59. The van der Waals surface area contributed by atoms with Crippen LogP contribution in [0.25, 0.3) is 17.4 Å². The Bertz CT molecular complexity index is 2010. The summed E-state index contributed by atoms with van der Waals surface area (Å²) in [5, 5.41) is 0.410. The number of nitrogens with zero attached hydrogens (tertiary/aromatic N) is 2. The molecule has 2 aromatic carbocycles. The monoisotopic (exact) mass is 700 g/mol. The molecule has 228 valence electrons. The fraction of sp³-hybridized carbons (Fsp3) is 0.226. The number of halogens is 2. The summed E-state index contributed by atoms with van der Waals surface area (Å²) in [6.45, 7) is 3.55. The second-order valence-electron chi connectivity index (χ2n) is 9.41. The second-order valence-corrected chi connectivity index (χ2v) is 11.7. The number of rotatable bonds is 8. The lowest BCUT2D eigenvalue weighted by atomic mass is 9.95. The molecular formula is C31H26BrClN2O8S. The Morgan fingerprint density at radius 3 is 2.50 bits per heavy atom. The van der Waals surface area contributed by atoms with E-state index in [9.17, 15) is 14.4 Å². The quantitative estimate of drug-likeness (QED) is 0.228. The van der Waals surface area contributed by atoms with Crippen molar-refractivity contribution in [2.75, 3.05) is 27.9 Å². The van der Waals surface area contributed by atoms with Gasteiger partial charge in [0.2, 0.25) is 0 Å². The summed E-state index contributed by atoms with van der Waals surface area (Å²) in [7, 11) is 4.31. The third kappa shape index (κ3) is 5.72. The average molecular weight is 702 g/mol. The molecule has 4 aromatic rings. The summed E-state index contributed by atoms with van der Waals surface area (Å²) >= 11 is 10.9. The van der Waals surface area contributed by atoms with Crippen molar-refractivity contribution in [1.82, 2.24) is 4.57 Å². The first-order valence-corrected chi connectivity index (χ1v) is 15.2. The normalized spacial score (nSPS) is 14.6. The zero-order chi connectivity index (χ0) is 31.7. The van der Waals surface area contributed by atoms with Crippen LogP contribution in [-0.2, 0) is 14.3 Å². The number of aromatic nitrogens is 1. The number of ether oxygens (including phenoxy) is 4. The van der Waals surface area contributed by atoms with Gasteiger partial charge in [0.1, 0.15) is 11.5 Å². The standard InChI is InChI=1S/C31H26BrClN2O8S/c1-6-42-30(38)26-15(2)34-31-35(27(26)20-13-23(39-3)24(40-4)14-21(20)32)28(36)25(44-31)12-17-8-10-22(43-17)19-11-16(33)7-9-18(19)29(37)41-5/h7-14,27H,6H2,1-5H3/b25-12+/t27-/m1/s1. The Kier molecular flexibility index (Phi) is 9.14. The van der Waals surface area contributed by atoms with E-state index in [2.05, 4.69) is 20.9 Å². The van der Waals surface area contributed by atoms with E-state index in [0.717, 1.165) is 11.3 Å². The third-order valence-corrected chi connectivity index (χ3v) is 8.77. The van der Waals surface area contributed by atoms with Crippen LogP contribution in [-0.4, -0.2) is 44.4 Å². The smallest absolute Gasteiger partial charge is 0.338 e. The highest BCUT2D eigenvalue weighted by Gasteiger charge is 2.35. The molecule has 1 aliphatic heterocycles. The van der Waals surface area contributed by atoms with Crippen molar-refractivity contribution in [3.8, 4) is 22.8 Å². The van der Waals surface area contributed by atoms with Gasteiger partial charge in [0.05, 0.1) is 55.3 Å². The molecule has 13 heteroatoms. The fourth-order valence-electron chi connectivity index (χ4n) is 4.88. The molecule has 3 heterocycles. The van der Waals surface area contributed by atoms with Crippen LogP contribution < -0.4 is 24.4 Å². The number of fused-ring (bicyclic) bond motifs is 1. The second kappa shape index (κ2) is 12.8. The highest BCUT2D eigenvalue weighted by atomic mass is 79.9. The van der Waals surface area contributed by atoms with E-state index in [-0.39, 0.29) is 17.7 Å². The maximum Gasteiger partial charge on any atom is 0.338 e. The third-order valence-electron chi connectivity index (χ3n) is 6.87. The summed E-state index contributed by atoms with van der Waals surface area (Å²) in [5.41, 5.74) is 1.53. The molecule has 0 spiro atoms. The van der Waals surface area contributed by atoms with E-state index in [1.165, 1.54) is 25.9 Å². The summed E-state index contributed by atoms with van der Waals surface area (Å²) in [6, 6.07) is 10.6. The van der Waals surface area contributed by atoms with Crippen molar-refractivity contribution in [3.05, 3.63) is 99.8 Å². The lowest BCUT2D eigenvalue weighted by Crippen LogP contribution is -2.40. The van der Waals surface area contributed by atoms with E-state index in [4.69, 9.17) is 35.0 Å². The molecule has 0 amide bonds. The molecule has 1 aliphatic rings. The minimum Gasteiger partial charge on any atom is -0.493 e. The van der Waals surface area contributed by atoms with E-state index < -0.39 is 23.5 Å². The number of carbonyl (C=O) groups excluding carboxylic acids is 2. The van der Waals surface area contributed by atoms with Gasteiger partial charge in [-0.25, -0.2) is 14.6 Å². The maximum atomic E-state index is 14.0. The van der Waals surface area contributed by atoms with Gasteiger partial charge in [-0.05, 0) is 61.9 Å². The van der Waals surface area contributed by atoms with Gasteiger partial charge < -0.3 is 23.4 Å². The van der Waals surface area contributed by atoms with Crippen LogP contribution in [0.1, 0.15) is 41.6 Å². The summed E-state index contributed by atoms with van der Waals surface area (Å²) in [4.78, 5) is 44.6. The van der Waals surface area contributed by atoms with Gasteiger partial charge in [-0.3, -0.25) is 9.36 Å². The molecule has 0 unspecified atom stereocenters. The maximum absolute atomic E-state index is 14.0. The van der Waals surface area contributed by atoms with E-state index in [1.807, 2.05) is 0 Å². The number of thiazole rings is 1. The Morgan fingerprint density at radius 2 is 1.82 bits per heavy atom. The molecule has 0 radical (unpaired) electrons. The number of hydrogen-bond acceptors (Lipinski definition) is 10. The van der Waals surface area contributed by atoms with Crippen LogP contribution in [0.3, 0.4) is 0 Å². The van der Waals surface area contributed by atoms with Crippen molar-refractivity contribution in [1.29, 1.82) is 0 Å². The van der Waals surface area contributed by atoms with Gasteiger partial charge in [-0.15, -0.1) is 0 Å². The number of esters is 2. The molecule has 0 bridgehead atoms. The van der Waals surface area contributed by atoms with Gasteiger partial charge in [-0.1, -0.05) is 38.9 Å². The van der Waals surface area contributed by atoms with E-state index >= 15 is 0 Å². The Hall–Kier alpha value is -4.13. The first kappa shape index (κ1) is 31.3. The molecule has 10 nitrogen and oxygen atoms in total. The topological polar surface area (TPSA) is 119 Å². The van der Waals surface area contributed by atoms with Gasteiger partial charge in [0.25, 0.3) is 5.56 Å². The molecule has 5 rings (SSSR count). The molecule has 0 saturated heterocycles. The zero-order valence-corrected chi connectivity index (χ0v) is 27.4. The van der Waals surface area contributed by atoms with Crippen LogP contribution >= 0.6 is 38.9 Å². The summed E-state index contributed by atoms with van der Waals surface area (Å²) < 4.78 is 29.6. The fourth-order valence-corrected chi connectivity index (χ4v) is 6.62. The largest absolute Gasteiger partial charge is 0.493 e. The number of allylic oxidation sites excluding steroid dienone is 1. The van der Waals surface area contributed by atoms with Crippen LogP contribution in [0.5, 0.6) is 11.5 Å². The predicted molar refractivity (Wildman–Crippen MR) is 168 cm³/mol. The number of furan rings is 1. The SMILES string of the molecule is CCOC(=O)C1=C(C)N=c2s/c(=C/c3ccc(-c4cc(Cl)ccc4C(=O)OC)o3)c(=O)n2[C@@H]1c1cc(OC)c(OC)cc1Br. The van der Waals surface area contributed by atoms with Gasteiger partial charge in [-0.2, -0.15) is 0 Å². The van der Waals surface area contributed by atoms with E-state index in [1.54, 1.807) is 62.4 Å². The van der Waals surface area contributed by atoms with Crippen molar-refractivity contribution < 1.29 is 33.0 Å². The highest BCUT2D eigenvalue weighted by molar-refractivity contribution is 9.10. The molecule has 0 N–H and O–H groups in total. The van der Waals surface area contributed by atoms with Crippen molar-refractivity contribution in [3.63, 3.8) is 0 Å². The summed E-state index contributed by atoms with van der Waals surface area (Å²) in [5.74, 6) is 0.467. The van der Waals surface area contributed by atoms with Gasteiger partial charge in [0, 0.05) is 21.1 Å². The van der Waals surface area contributed by atoms with Gasteiger partial charge in [0.15, 0.2) is 16.3 Å². The van der Waals surface area contributed by atoms with Crippen LogP contribution in [0, 0.1) is 0 Å². The summed E-state index contributed by atoms with van der Waals surface area (Å²) in [6.07, 6.45) is 1.58. The van der Waals surface area contributed by atoms with Crippen LogP contribution in [0.2, 0.25) is 5.02 Å². The minimum atomic E-state index is -0.886. The first-order chi connectivity index (χ1) is 21.1. The Balaban J connectivity index is 1.68. The molecule has 1 atom stereocenters. The van der Waals surface area contributed by atoms with Crippen molar-refractivity contribution >= 4 is 56.9 Å². The Morgan fingerprint density at radius 1 is 1.09 bits per heavy atom. The number of hydrogen-bond donors (Lipinski definition) is 0. The predicted octanol–water partition coefficient (Wildman–Crippen LogP) is 5.28. The number of benzene rings is 2. The zero-order valence-electron chi connectivity index (χ0n) is 24.2. The van der Waals surface area contributed by atoms with Crippen LogP contribution in [0.15, 0.2) is 72.4 Å². The first-order valence-electron chi connectivity index (χ1n) is 13.2. The van der Waals surface area contributed by atoms with Gasteiger partial charge >= 0.3 is 11.9 Å². The molecule has 0 aliphatic carbocycles. The van der Waals surface area contributed by atoms with Crippen molar-refractivity contribution in [2.45, 2.75) is 19.9 Å². The van der Waals surface area contributed by atoms with Crippen molar-refractivity contribution in [2.24, 2.45) is 4.99 Å². The Labute approximate surface area is 268 Å².